The maximum absolute atomic E-state index is 10.6. The van der Waals surface area contributed by atoms with Crippen molar-refractivity contribution in [3.63, 3.8) is 0 Å². The maximum atomic E-state index is 10.6. The molecule has 0 unspecified atom stereocenters. The average molecular weight is 282 g/mol. The van der Waals surface area contributed by atoms with Gasteiger partial charge < -0.3 is 19.7 Å². The van der Waals surface area contributed by atoms with E-state index >= 15 is 0 Å². The van der Waals surface area contributed by atoms with Crippen LogP contribution in [0.2, 0.25) is 0 Å². The quantitative estimate of drug-likeness (QED) is 0.762. The first-order chi connectivity index (χ1) is 9.41. The van der Waals surface area contributed by atoms with Crippen LogP contribution in [0.25, 0.3) is 0 Å². The molecule has 0 aromatic heterocycles. The van der Waals surface area contributed by atoms with E-state index in [4.69, 9.17) is 9.47 Å². The lowest BCUT2D eigenvalue weighted by Crippen LogP contribution is -2.46. The topological polar surface area (TPSA) is 58.9 Å². The minimum absolute atomic E-state index is 0.0383. The van der Waals surface area contributed by atoms with Gasteiger partial charge in [-0.05, 0) is 52.4 Å². The van der Waals surface area contributed by atoms with Crippen LogP contribution in [-0.4, -0.2) is 40.9 Å². The van der Waals surface area contributed by atoms with E-state index in [2.05, 4.69) is 0 Å². The van der Waals surface area contributed by atoms with Crippen molar-refractivity contribution in [3.05, 3.63) is 11.6 Å². The number of aliphatic hydroxyl groups excluding tert-OH is 2. The molecule has 114 valence electrons. The van der Waals surface area contributed by atoms with Crippen molar-refractivity contribution in [1.29, 1.82) is 0 Å². The Morgan fingerprint density at radius 1 is 1.30 bits per heavy atom. The van der Waals surface area contributed by atoms with E-state index in [-0.39, 0.29) is 23.7 Å². The largest absolute Gasteiger partial charge is 0.392 e. The van der Waals surface area contributed by atoms with Crippen LogP contribution < -0.4 is 0 Å². The zero-order valence-corrected chi connectivity index (χ0v) is 12.5. The molecule has 1 saturated carbocycles. The van der Waals surface area contributed by atoms with Crippen molar-refractivity contribution < 1.29 is 19.7 Å². The van der Waals surface area contributed by atoms with Gasteiger partial charge in [-0.2, -0.15) is 0 Å². The van der Waals surface area contributed by atoms with Crippen molar-refractivity contribution in [3.8, 4) is 0 Å². The summed E-state index contributed by atoms with van der Waals surface area (Å²) in [6, 6.07) is 0. The second kappa shape index (κ2) is 5.09. The molecule has 2 N–H and O–H groups in total. The zero-order chi connectivity index (χ0) is 14.4. The lowest BCUT2D eigenvalue weighted by atomic mass is 9.60. The summed E-state index contributed by atoms with van der Waals surface area (Å²) in [7, 11) is 0. The smallest absolute Gasteiger partial charge is 0.163 e. The minimum atomic E-state index is -0.515. The van der Waals surface area contributed by atoms with Gasteiger partial charge in [0, 0.05) is 5.41 Å². The summed E-state index contributed by atoms with van der Waals surface area (Å²) in [6.45, 7) is 4.46. The molecule has 1 heterocycles. The van der Waals surface area contributed by atoms with Gasteiger partial charge in [0.15, 0.2) is 5.79 Å². The van der Waals surface area contributed by atoms with Crippen LogP contribution >= 0.6 is 0 Å². The molecule has 1 aliphatic heterocycles. The van der Waals surface area contributed by atoms with Crippen LogP contribution in [0.4, 0.5) is 0 Å². The molecule has 0 bridgehead atoms. The van der Waals surface area contributed by atoms with Crippen LogP contribution in [0, 0.1) is 5.41 Å². The van der Waals surface area contributed by atoms with Gasteiger partial charge in [-0.25, -0.2) is 0 Å². The normalized spacial score (nSPS) is 44.0. The molecule has 2 aliphatic carbocycles. The van der Waals surface area contributed by atoms with Crippen molar-refractivity contribution in [2.75, 3.05) is 6.61 Å². The molecule has 4 heteroatoms. The number of ether oxygens (including phenoxy) is 2. The Bertz CT molecular complexity index is 403. The van der Waals surface area contributed by atoms with E-state index in [1.54, 1.807) is 0 Å². The van der Waals surface area contributed by atoms with Crippen molar-refractivity contribution >= 4 is 0 Å². The molecule has 0 amide bonds. The molecule has 0 spiro atoms. The lowest BCUT2D eigenvalue weighted by Gasteiger charge is -2.48. The Kier molecular flexibility index (Phi) is 3.70. The molecular weight excluding hydrogens is 256 g/mol. The standard InChI is InChI=1S/C16H26O4/c1-15(2)19-10-13(20-15)9-16-7-6-12(17)8-11(16)4-3-5-14(16)18/h8,12-14,17-18H,3-7,9-10H2,1-2H3/t12-,13+,14-,16+/m1/s1. The van der Waals surface area contributed by atoms with E-state index < -0.39 is 5.79 Å². The average Bonchev–Trinajstić information content (AvgIpc) is 2.71. The predicted molar refractivity (Wildman–Crippen MR) is 75.1 cm³/mol. The first-order valence-electron chi connectivity index (χ1n) is 7.80. The van der Waals surface area contributed by atoms with Crippen molar-refractivity contribution in [2.45, 2.75) is 76.5 Å². The molecule has 0 radical (unpaired) electrons. The Hall–Kier alpha value is -0.420. The first kappa shape index (κ1) is 14.5. The minimum Gasteiger partial charge on any atom is -0.392 e. The molecule has 3 rings (SSSR count). The molecule has 0 aromatic carbocycles. The van der Waals surface area contributed by atoms with Gasteiger partial charge in [0.1, 0.15) is 0 Å². The van der Waals surface area contributed by atoms with Crippen LogP contribution in [0.15, 0.2) is 11.6 Å². The van der Waals surface area contributed by atoms with Gasteiger partial charge in [-0.1, -0.05) is 11.6 Å². The maximum Gasteiger partial charge on any atom is 0.163 e. The number of hydrogen-bond donors (Lipinski definition) is 2. The summed E-state index contributed by atoms with van der Waals surface area (Å²) >= 11 is 0. The summed E-state index contributed by atoms with van der Waals surface area (Å²) < 4.78 is 11.6. The van der Waals surface area contributed by atoms with Crippen molar-refractivity contribution in [1.82, 2.24) is 0 Å². The monoisotopic (exact) mass is 282 g/mol. The fourth-order valence-corrected chi connectivity index (χ4v) is 4.16. The highest BCUT2D eigenvalue weighted by Crippen LogP contribution is 2.51. The third-order valence-electron chi connectivity index (χ3n) is 5.14. The predicted octanol–water partition coefficient (Wildman–Crippen LogP) is 2.14. The van der Waals surface area contributed by atoms with Crippen LogP contribution in [0.1, 0.15) is 52.4 Å². The zero-order valence-electron chi connectivity index (χ0n) is 12.5. The fraction of sp³-hybridized carbons (Fsp3) is 0.875. The second-order valence-corrected chi connectivity index (χ2v) is 7.02. The summed E-state index contributed by atoms with van der Waals surface area (Å²) in [6.07, 6.45) is 6.59. The van der Waals surface area contributed by atoms with E-state index in [1.807, 2.05) is 19.9 Å². The van der Waals surface area contributed by atoms with Gasteiger partial charge in [0.25, 0.3) is 0 Å². The molecule has 20 heavy (non-hydrogen) atoms. The SMILES string of the molecule is CC1(C)OC[C@H](C[C@@]23CC[C@@H](O)C=C2CCC[C@H]3O)O1. The lowest BCUT2D eigenvalue weighted by molar-refractivity contribution is -0.145. The third kappa shape index (κ3) is 2.54. The molecule has 0 aromatic rings. The summed E-state index contributed by atoms with van der Waals surface area (Å²) in [5, 5.41) is 20.5. The van der Waals surface area contributed by atoms with E-state index in [9.17, 15) is 10.2 Å². The van der Waals surface area contributed by atoms with Crippen LogP contribution in [0.3, 0.4) is 0 Å². The number of aliphatic hydroxyl groups is 2. The highest BCUT2D eigenvalue weighted by atomic mass is 16.7. The number of fused-ring (bicyclic) bond motifs is 1. The van der Waals surface area contributed by atoms with Gasteiger partial charge >= 0.3 is 0 Å². The Labute approximate surface area is 120 Å². The highest BCUT2D eigenvalue weighted by Gasteiger charge is 2.48. The van der Waals surface area contributed by atoms with Crippen molar-refractivity contribution in [2.24, 2.45) is 5.41 Å². The molecule has 3 aliphatic rings. The van der Waals surface area contributed by atoms with E-state index in [0.717, 1.165) is 38.5 Å². The van der Waals surface area contributed by atoms with Crippen LogP contribution in [0.5, 0.6) is 0 Å². The Morgan fingerprint density at radius 3 is 2.80 bits per heavy atom. The van der Waals surface area contributed by atoms with Gasteiger partial charge in [-0.15, -0.1) is 0 Å². The Morgan fingerprint density at radius 2 is 2.10 bits per heavy atom. The van der Waals surface area contributed by atoms with Gasteiger partial charge in [-0.3, -0.25) is 0 Å². The molecule has 4 atom stereocenters. The summed E-state index contributed by atoms with van der Waals surface area (Å²) in [4.78, 5) is 0. The number of hydrogen-bond acceptors (Lipinski definition) is 4. The van der Waals surface area contributed by atoms with E-state index in [1.165, 1.54) is 5.57 Å². The molecule has 4 nitrogen and oxygen atoms in total. The first-order valence-corrected chi connectivity index (χ1v) is 7.80. The van der Waals surface area contributed by atoms with Crippen LogP contribution in [-0.2, 0) is 9.47 Å². The summed E-state index contributed by atoms with van der Waals surface area (Å²) in [5.41, 5.74) is 1.04. The third-order valence-corrected chi connectivity index (χ3v) is 5.14. The van der Waals surface area contributed by atoms with E-state index in [0.29, 0.717) is 6.61 Å². The Balaban J connectivity index is 1.81. The molecule has 2 fully saturated rings. The number of rotatable bonds is 2. The summed E-state index contributed by atoms with van der Waals surface area (Å²) in [5.74, 6) is -0.515. The second-order valence-electron chi connectivity index (χ2n) is 7.02. The van der Waals surface area contributed by atoms with Gasteiger partial charge in [0.05, 0.1) is 24.9 Å². The fourth-order valence-electron chi connectivity index (χ4n) is 4.16. The van der Waals surface area contributed by atoms with Gasteiger partial charge in [0.2, 0.25) is 0 Å². The highest BCUT2D eigenvalue weighted by molar-refractivity contribution is 5.25. The molecular formula is C16H26O4. The molecule has 1 saturated heterocycles.